The lowest BCUT2D eigenvalue weighted by atomic mass is 10.2. The molecule has 1 aromatic carbocycles. The Morgan fingerprint density at radius 2 is 2.06 bits per heavy atom. The number of carbonyl (C=O) groups is 1. The summed E-state index contributed by atoms with van der Waals surface area (Å²) in [5.74, 6) is -0.0422. The molecule has 1 N–H and O–H groups in total. The third kappa shape index (κ3) is 5.82. The number of carbonyl (C=O) groups excluding carboxylic acids is 1. The van der Waals surface area contributed by atoms with E-state index in [9.17, 15) is 13.2 Å². The molecular formula is C13H19NO3S. The van der Waals surface area contributed by atoms with E-state index in [1.54, 1.807) is 24.3 Å². The molecular weight excluding hydrogens is 250 g/mol. The molecule has 0 heterocycles. The van der Waals surface area contributed by atoms with Crippen LogP contribution in [0.2, 0.25) is 0 Å². The summed E-state index contributed by atoms with van der Waals surface area (Å²) in [5, 5.41) is 2.77. The zero-order valence-electron chi connectivity index (χ0n) is 10.8. The Morgan fingerprint density at radius 3 is 2.67 bits per heavy atom. The monoisotopic (exact) mass is 269 g/mol. The maximum absolute atomic E-state index is 11.5. The first kappa shape index (κ1) is 14.7. The minimum atomic E-state index is -3.05. The van der Waals surface area contributed by atoms with Crippen molar-refractivity contribution in [2.75, 3.05) is 11.6 Å². The van der Waals surface area contributed by atoms with Crippen molar-refractivity contribution in [2.45, 2.75) is 31.9 Å². The lowest BCUT2D eigenvalue weighted by molar-refractivity contribution is -0.116. The zero-order chi connectivity index (χ0) is 13.6. The number of sulfone groups is 1. The summed E-state index contributed by atoms with van der Waals surface area (Å²) in [6.07, 6.45) is 3.52. The highest BCUT2D eigenvalue weighted by atomic mass is 32.2. The highest BCUT2D eigenvalue weighted by Crippen LogP contribution is 2.13. The highest BCUT2D eigenvalue weighted by Gasteiger charge is 2.06. The Labute approximate surface area is 108 Å². The minimum absolute atomic E-state index is 0.00826. The van der Waals surface area contributed by atoms with E-state index in [2.05, 4.69) is 5.32 Å². The normalized spacial score (nSPS) is 11.2. The maximum Gasteiger partial charge on any atom is 0.224 e. The van der Waals surface area contributed by atoms with Crippen LogP contribution >= 0.6 is 0 Å². The molecule has 18 heavy (non-hydrogen) atoms. The van der Waals surface area contributed by atoms with Crippen LogP contribution in [-0.4, -0.2) is 20.6 Å². The van der Waals surface area contributed by atoms with E-state index in [0.29, 0.717) is 17.7 Å². The van der Waals surface area contributed by atoms with Gasteiger partial charge < -0.3 is 5.32 Å². The number of amides is 1. The fourth-order valence-corrected chi connectivity index (χ4v) is 2.39. The van der Waals surface area contributed by atoms with Crippen molar-refractivity contribution in [3.63, 3.8) is 0 Å². The van der Waals surface area contributed by atoms with Gasteiger partial charge in [0.1, 0.15) is 0 Å². The second-order valence-electron chi connectivity index (χ2n) is 4.42. The molecule has 0 aliphatic heterocycles. The van der Waals surface area contributed by atoms with Crippen LogP contribution in [0.25, 0.3) is 0 Å². The van der Waals surface area contributed by atoms with E-state index in [-0.39, 0.29) is 11.7 Å². The Kier molecular flexibility index (Phi) is 5.34. The first-order valence-electron chi connectivity index (χ1n) is 5.97. The summed E-state index contributed by atoms with van der Waals surface area (Å²) >= 11 is 0. The van der Waals surface area contributed by atoms with Crippen LogP contribution in [0.5, 0.6) is 0 Å². The lowest BCUT2D eigenvalue weighted by Crippen LogP contribution is -2.11. The van der Waals surface area contributed by atoms with Crippen LogP contribution in [0, 0.1) is 0 Å². The second-order valence-corrected chi connectivity index (χ2v) is 6.56. The van der Waals surface area contributed by atoms with Gasteiger partial charge in [-0.3, -0.25) is 4.79 Å². The van der Waals surface area contributed by atoms with Gasteiger partial charge in [0, 0.05) is 18.4 Å². The van der Waals surface area contributed by atoms with Crippen LogP contribution in [0.4, 0.5) is 5.69 Å². The van der Waals surface area contributed by atoms with Crippen LogP contribution in [0.15, 0.2) is 24.3 Å². The Morgan fingerprint density at radius 1 is 1.33 bits per heavy atom. The summed E-state index contributed by atoms with van der Waals surface area (Å²) in [7, 11) is -3.05. The van der Waals surface area contributed by atoms with E-state index in [1.165, 1.54) is 6.26 Å². The van der Waals surface area contributed by atoms with Gasteiger partial charge in [0.2, 0.25) is 5.91 Å². The van der Waals surface area contributed by atoms with Crippen LogP contribution < -0.4 is 5.32 Å². The number of hydrogen-bond acceptors (Lipinski definition) is 3. The van der Waals surface area contributed by atoms with Crippen LogP contribution in [-0.2, 0) is 20.4 Å². The molecule has 0 fully saturated rings. The highest BCUT2D eigenvalue weighted by molar-refractivity contribution is 7.89. The second kappa shape index (κ2) is 6.54. The molecule has 0 bridgehead atoms. The van der Waals surface area contributed by atoms with Crippen molar-refractivity contribution in [3.05, 3.63) is 29.8 Å². The Hall–Kier alpha value is -1.36. The average Bonchev–Trinajstić information content (AvgIpc) is 2.24. The molecule has 0 aliphatic rings. The molecule has 5 heteroatoms. The first-order valence-corrected chi connectivity index (χ1v) is 8.03. The Balaban J connectivity index is 2.68. The minimum Gasteiger partial charge on any atom is -0.326 e. The summed E-state index contributed by atoms with van der Waals surface area (Å²) in [4.78, 5) is 11.5. The standard InChI is InChI=1S/C13H19NO3S/c1-3-4-8-13(15)14-12-7-5-6-11(9-12)10-18(2,16)17/h5-7,9H,3-4,8,10H2,1-2H3,(H,14,15). The van der Waals surface area contributed by atoms with Crippen molar-refractivity contribution >= 4 is 21.4 Å². The van der Waals surface area contributed by atoms with Crippen molar-refractivity contribution in [1.29, 1.82) is 0 Å². The largest absolute Gasteiger partial charge is 0.326 e. The zero-order valence-corrected chi connectivity index (χ0v) is 11.6. The van der Waals surface area contributed by atoms with Crippen molar-refractivity contribution in [2.24, 2.45) is 0 Å². The van der Waals surface area contributed by atoms with Crippen molar-refractivity contribution in [1.82, 2.24) is 0 Å². The Bertz CT molecular complexity index is 509. The molecule has 0 spiro atoms. The number of nitrogens with one attached hydrogen (secondary N) is 1. The molecule has 0 aliphatic carbocycles. The number of benzene rings is 1. The third-order valence-corrected chi connectivity index (χ3v) is 3.25. The number of anilines is 1. The van der Waals surface area contributed by atoms with Gasteiger partial charge in [-0.15, -0.1) is 0 Å². The quantitative estimate of drug-likeness (QED) is 0.862. The summed E-state index contributed by atoms with van der Waals surface area (Å²) in [5.41, 5.74) is 1.34. The first-order chi connectivity index (χ1) is 8.40. The molecule has 0 atom stereocenters. The topological polar surface area (TPSA) is 63.2 Å². The number of unbranched alkanes of at least 4 members (excludes halogenated alkanes) is 1. The van der Waals surface area contributed by atoms with Crippen molar-refractivity contribution < 1.29 is 13.2 Å². The lowest BCUT2D eigenvalue weighted by Gasteiger charge is -2.06. The molecule has 0 saturated carbocycles. The van der Waals surface area contributed by atoms with Gasteiger partial charge in [-0.05, 0) is 24.1 Å². The van der Waals surface area contributed by atoms with E-state index in [0.717, 1.165) is 12.8 Å². The molecule has 1 aromatic rings. The average molecular weight is 269 g/mol. The van der Waals surface area contributed by atoms with E-state index in [1.807, 2.05) is 6.92 Å². The van der Waals surface area contributed by atoms with Crippen LogP contribution in [0.1, 0.15) is 31.7 Å². The summed E-state index contributed by atoms with van der Waals surface area (Å²) in [6, 6.07) is 6.94. The van der Waals surface area contributed by atoms with E-state index >= 15 is 0 Å². The van der Waals surface area contributed by atoms with Crippen LogP contribution in [0.3, 0.4) is 0 Å². The van der Waals surface area contributed by atoms with E-state index in [4.69, 9.17) is 0 Å². The summed E-state index contributed by atoms with van der Waals surface area (Å²) in [6.45, 7) is 2.03. The number of rotatable bonds is 6. The fourth-order valence-electron chi connectivity index (χ4n) is 1.60. The molecule has 1 rings (SSSR count). The van der Waals surface area contributed by atoms with Crippen molar-refractivity contribution in [3.8, 4) is 0 Å². The van der Waals surface area contributed by atoms with Gasteiger partial charge >= 0.3 is 0 Å². The van der Waals surface area contributed by atoms with Gasteiger partial charge in [-0.1, -0.05) is 25.5 Å². The van der Waals surface area contributed by atoms with Gasteiger partial charge in [-0.2, -0.15) is 0 Å². The molecule has 100 valence electrons. The molecule has 4 nitrogen and oxygen atoms in total. The number of hydrogen-bond donors (Lipinski definition) is 1. The molecule has 0 radical (unpaired) electrons. The van der Waals surface area contributed by atoms with Gasteiger partial charge in [0.15, 0.2) is 9.84 Å². The third-order valence-electron chi connectivity index (χ3n) is 2.40. The molecule has 0 saturated heterocycles. The SMILES string of the molecule is CCCCC(=O)Nc1cccc(CS(C)(=O)=O)c1. The maximum atomic E-state index is 11.5. The summed E-state index contributed by atoms with van der Waals surface area (Å²) < 4.78 is 22.4. The van der Waals surface area contributed by atoms with Gasteiger partial charge in [0.05, 0.1) is 5.75 Å². The van der Waals surface area contributed by atoms with Gasteiger partial charge in [0.25, 0.3) is 0 Å². The molecule has 0 unspecified atom stereocenters. The van der Waals surface area contributed by atoms with Gasteiger partial charge in [-0.25, -0.2) is 8.42 Å². The smallest absolute Gasteiger partial charge is 0.224 e. The fraction of sp³-hybridized carbons (Fsp3) is 0.462. The predicted octanol–water partition coefficient (Wildman–Crippen LogP) is 2.36. The van der Waals surface area contributed by atoms with E-state index < -0.39 is 9.84 Å². The molecule has 1 amide bonds. The predicted molar refractivity (Wildman–Crippen MR) is 73.1 cm³/mol. The molecule has 0 aromatic heterocycles.